The van der Waals surface area contributed by atoms with Gasteiger partial charge in [-0.3, -0.25) is 9.59 Å². The largest absolute Gasteiger partial charge is 0.395 e. The second-order valence-corrected chi connectivity index (χ2v) is 5.40. The molecular formula is C13H24N2O4. The topological polar surface area (TPSA) is 81.1 Å². The summed E-state index contributed by atoms with van der Waals surface area (Å²) in [7, 11) is 0. The lowest BCUT2D eigenvalue weighted by Gasteiger charge is -2.35. The van der Waals surface area contributed by atoms with Gasteiger partial charge >= 0.3 is 11.8 Å². The van der Waals surface area contributed by atoms with E-state index in [0.29, 0.717) is 24.9 Å². The quantitative estimate of drug-likeness (QED) is 0.663. The third kappa shape index (κ3) is 4.47. The van der Waals surface area contributed by atoms with Gasteiger partial charge < -0.3 is 20.0 Å². The molecule has 6 nitrogen and oxygen atoms in total. The highest BCUT2D eigenvalue weighted by Gasteiger charge is 2.31. The van der Waals surface area contributed by atoms with Crippen LogP contribution in [0.4, 0.5) is 0 Å². The van der Waals surface area contributed by atoms with Crippen molar-refractivity contribution >= 4 is 11.8 Å². The van der Waals surface area contributed by atoms with E-state index in [-0.39, 0.29) is 26.3 Å². The predicted octanol–water partition coefficient (Wildman–Crippen LogP) is -0.696. The molecule has 2 atom stereocenters. The first kappa shape index (κ1) is 15.9. The number of aliphatic hydroxyl groups excluding tert-OH is 2. The number of aliphatic hydroxyl groups is 2. The lowest BCUT2D eigenvalue weighted by atomic mass is 9.92. The van der Waals surface area contributed by atoms with Crippen molar-refractivity contribution < 1.29 is 19.8 Å². The van der Waals surface area contributed by atoms with Crippen LogP contribution in [0, 0.1) is 11.8 Å². The molecule has 1 aliphatic heterocycles. The molecule has 0 radical (unpaired) electrons. The van der Waals surface area contributed by atoms with Crippen molar-refractivity contribution in [2.24, 2.45) is 11.8 Å². The molecule has 0 aliphatic carbocycles. The van der Waals surface area contributed by atoms with Crippen molar-refractivity contribution in [3.05, 3.63) is 0 Å². The molecule has 1 aliphatic rings. The van der Waals surface area contributed by atoms with Gasteiger partial charge in [-0.1, -0.05) is 13.8 Å². The van der Waals surface area contributed by atoms with E-state index >= 15 is 0 Å². The SMILES string of the molecule is CC1CC(C)CN(C(=O)C(=O)N(CCO)CCO)C1. The third-order valence-electron chi connectivity index (χ3n) is 3.37. The summed E-state index contributed by atoms with van der Waals surface area (Å²) >= 11 is 0. The van der Waals surface area contributed by atoms with Crippen molar-refractivity contribution in [3.8, 4) is 0 Å². The van der Waals surface area contributed by atoms with Gasteiger partial charge in [0.1, 0.15) is 0 Å². The molecule has 1 rings (SSSR count). The van der Waals surface area contributed by atoms with Gasteiger partial charge in [0.2, 0.25) is 0 Å². The van der Waals surface area contributed by atoms with Crippen LogP contribution >= 0.6 is 0 Å². The second-order valence-electron chi connectivity index (χ2n) is 5.40. The number of amides is 2. The molecule has 1 fully saturated rings. The van der Waals surface area contributed by atoms with E-state index in [0.717, 1.165) is 6.42 Å². The molecule has 2 amide bonds. The van der Waals surface area contributed by atoms with Crippen LogP contribution in [0.2, 0.25) is 0 Å². The van der Waals surface area contributed by atoms with Crippen molar-refractivity contribution in [3.63, 3.8) is 0 Å². The normalized spacial score (nSPS) is 23.3. The van der Waals surface area contributed by atoms with E-state index in [1.807, 2.05) is 0 Å². The highest BCUT2D eigenvalue weighted by molar-refractivity contribution is 6.34. The average Bonchev–Trinajstić information content (AvgIpc) is 2.35. The van der Waals surface area contributed by atoms with Crippen molar-refractivity contribution in [1.82, 2.24) is 9.80 Å². The molecule has 0 spiro atoms. The van der Waals surface area contributed by atoms with Gasteiger partial charge in [-0.25, -0.2) is 0 Å². The minimum absolute atomic E-state index is 0.0735. The molecule has 0 aromatic carbocycles. The molecule has 6 heteroatoms. The highest BCUT2D eigenvalue weighted by Crippen LogP contribution is 2.21. The van der Waals surface area contributed by atoms with Crippen LogP contribution in [-0.4, -0.2) is 71.2 Å². The fourth-order valence-corrected chi connectivity index (χ4v) is 2.66. The van der Waals surface area contributed by atoms with Crippen LogP contribution in [0.1, 0.15) is 20.3 Å². The Kier molecular flexibility index (Phi) is 6.24. The zero-order valence-corrected chi connectivity index (χ0v) is 11.7. The van der Waals surface area contributed by atoms with Crippen molar-refractivity contribution in [1.29, 1.82) is 0 Å². The monoisotopic (exact) mass is 272 g/mol. The summed E-state index contributed by atoms with van der Waals surface area (Å²) in [5.74, 6) is -0.376. The van der Waals surface area contributed by atoms with Gasteiger partial charge in [-0.05, 0) is 18.3 Å². The van der Waals surface area contributed by atoms with Gasteiger partial charge in [0, 0.05) is 26.2 Å². The maximum Gasteiger partial charge on any atom is 0.312 e. The van der Waals surface area contributed by atoms with E-state index in [9.17, 15) is 9.59 Å². The Hall–Kier alpha value is -1.14. The number of hydrogen-bond donors (Lipinski definition) is 2. The average molecular weight is 272 g/mol. The van der Waals surface area contributed by atoms with Gasteiger partial charge in [-0.2, -0.15) is 0 Å². The molecule has 2 unspecified atom stereocenters. The molecule has 0 bridgehead atoms. The zero-order valence-electron chi connectivity index (χ0n) is 11.7. The Balaban J connectivity index is 2.66. The van der Waals surface area contributed by atoms with E-state index < -0.39 is 11.8 Å². The first-order valence-electron chi connectivity index (χ1n) is 6.79. The Morgan fingerprint density at radius 1 is 1.11 bits per heavy atom. The third-order valence-corrected chi connectivity index (χ3v) is 3.37. The molecule has 0 aromatic rings. The minimum Gasteiger partial charge on any atom is -0.395 e. The molecular weight excluding hydrogens is 248 g/mol. The van der Waals surface area contributed by atoms with Gasteiger partial charge in [0.25, 0.3) is 0 Å². The fraction of sp³-hybridized carbons (Fsp3) is 0.846. The maximum absolute atomic E-state index is 12.2. The molecule has 1 heterocycles. The van der Waals surface area contributed by atoms with E-state index in [4.69, 9.17) is 10.2 Å². The Morgan fingerprint density at radius 2 is 1.58 bits per heavy atom. The van der Waals surface area contributed by atoms with E-state index in [1.54, 1.807) is 4.90 Å². The number of carbonyl (C=O) groups is 2. The number of carbonyl (C=O) groups excluding carboxylic acids is 2. The number of likely N-dealkylation sites (tertiary alicyclic amines) is 1. The van der Waals surface area contributed by atoms with Crippen molar-refractivity contribution in [2.75, 3.05) is 39.4 Å². The number of nitrogens with zero attached hydrogens (tertiary/aromatic N) is 2. The fourth-order valence-electron chi connectivity index (χ4n) is 2.66. The summed E-state index contributed by atoms with van der Waals surface area (Å²) in [5.41, 5.74) is 0. The summed E-state index contributed by atoms with van der Waals surface area (Å²) in [4.78, 5) is 27.0. The number of piperidine rings is 1. The molecule has 110 valence electrons. The maximum atomic E-state index is 12.2. The van der Waals surface area contributed by atoms with Crippen LogP contribution < -0.4 is 0 Å². The number of rotatable bonds is 4. The Bertz CT molecular complexity index is 306. The molecule has 19 heavy (non-hydrogen) atoms. The van der Waals surface area contributed by atoms with E-state index in [1.165, 1.54) is 4.90 Å². The zero-order chi connectivity index (χ0) is 14.4. The molecule has 1 saturated heterocycles. The van der Waals surface area contributed by atoms with Crippen LogP contribution in [0.15, 0.2) is 0 Å². The Labute approximate surface area is 114 Å². The van der Waals surface area contributed by atoms with E-state index in [2.05, 4.69) is 13.8 Å². The lowest BCUT2D eigenvalue weighted by molar-refractivity contribution is -0.153. The first-order valence-corrected chi connectivity index (χ1v) is 6.79. The predicted molar refractivity (Wildman–Crippen MR) is 70.3 cm³/mol. The van der Waals surface area contributed by atoms with Gasteiger partial charge in [-0.15, -0.1) is 0 Å². The molecule has 0 saturated carbocycles. The first-order chi connectivity index (χ1) is 8.99. The van der Waals surface area contributed by atoms with Gasteiger partial charge in [0.05, 0.1) is 13.2 Å². The highest BCUT2D eigenvalue weighted by atomic mass is 16.3. The van der Waals surface area contributed by atoms with Crippen LogP contribution in [0.3, 0.4) is 0 Å². The van der Waals surface area contributed by atoms with Crippen molar-refractivity contribution in [2.45, 2.75) is 20.3 Å². The summed E-state index contributed by atoms with van der Waals surface area (Å²) < 4.78 is 0. The van der Waals surface area contributed by atoms with Crippen LogP contribution in [0.5, 0.6) is 0 Å². The summed E-state index contributed by atoms with van der Waals surface area (Å²) in [5, 5.41) is 17.8. The van der Waals surface area contributed by atoms with Crippen LogP contribution in [0.25, 0.3) is 0 Å². The Morgan fingerprint density at radius 3 is 2.00 bits per heavy atom. The summed E-state index contributed by atoms with van der Waals surface area (Å²) in [6, 6.07) is 0. The second kappa shape index (κ2) is 7.45. The summed E-state index contributed by atoms with van der Waals surface area (Å²) in [6.07, 6.45) is 1.06. The molecule has 0 aromatic heterocycles. The van der Waals surface area contributed by atoms with Crippen LogP contribution in [-0.2, 0) is 9.59 Å². The standard InChI is InChI=1S/C13H24N2O4/c1-10-7-11(2)9-15(8-10)13(19)12(18)14(3-5-16)4-6-17/h10-11,16-17H,3-9H2,1-2H3. The lowest BCUT2D eigenvalue weighted by Crippen LogP contribution is -2.51. The minimum atomic E-state index is -0.635. The van der Waals surface area contributed by atoms with Gasteiger partial charge in [0.15, 0.2) is 0 Å². The smallest absolute Gasteiger partial charge is 0.312 e. The summed E-state index contributed by atoms with van der Waals surface area (Å²) in [6.45, 7) is 5.05. The molecule has 2 N–H and O–H groups in total. The number of hydrogen-bond acceptors (Lipinski definition) is 4.